The van der Waals surface area contributed by atoms with E-state index in [1.165, 1.54) is 16.6 Å². The molecule has 1 saturated heterocycles. The van der Waals surface area contributed by atoms with E-state index in [0.717, 1.165) is 12.8 Å². The molecular formula is C11H18N4O3S. The number of H-pyrrole nitrogens is 1. The minimum atomic E-state index is -3.53. The van der Waals surface area contributed by atoms with Crippen LogP contribution in [0.1, 0.15) is 30.3 Å². The van der Waals surface area contributed by atoms with E-state index in [4.69, 9.17) is 5.84 Å². The van der Waals surface area contributed by atoms with E-state index in [1.807, 2.05) is 5.43 Å². The van der Waals surface area contributed by atoms with Gasteiger partial charge in [0, 0.05) is 19.3 Å². The maximum absolute atomic E-state index is 12.4. The van der Waals surface area contributed by atoms with Crippen LogP contribution in [-0.2, 0) is 10.0 Å². The molecular weight excluding hydrogens is 268 g/mol. The number of rotatable bonds is 3. The fourth-order valence-electron chi connectivity index (χ4n) is 2.11. The topological polar surface area (TPSA) is 108 Å². The molecule has 7 nitrogen and oxygen atoms in total. The average molecular weight is 286 g/mol. The lowest BCUT2D eigenvalue weighted by Crippen LogP contribution is -2.37. The molecule has 0 unspecified atom stereocenters. The normalized spacial score (nSPS) is 18.4. The van der Waals surface area contributed by atoms with Crippen LogP contribution in [0.15, 0.2) is 17.2 Å². The first kappa shape index (κ1) is 14.0. The quantitative estimate of drug-likeness (QED) is 0.414. The number of carbonyl (C=O) groups is 1. The fourth-order valence-corrected chi connectivity index (χ4v) is 3.57. The molecule has 0 bridgehead atoms. The van der Waals surface area contributed by atoms with Gasteiger partial charge in [0.25, 0.3) is 5.91 Å². The molecule has 106 valence electrons. The molecule has 1 fully saturated rings. The highest BCUT2D eigenvalue weighted by atomic mass is 32.2. The smallest absolute Gasteiger partial charge is 0.281 e. The Balaban J connectivity index is 2.20. The number of carbonyl (C=O) groups excluding carboxylic acids is 1. The third-order valence-electron chi connectivity index (χ3n) is 3.41. The molecule has 8 heteroatoms. The number of nitrogen functional groups attached to an aromatic ring is 1. The van der Waals surface area contributed by atoms with Crippen LogP contribution in [0.25, 0.3) is 0 Å². The number of hydrazine groups is 1. The molecule has 0 aromatic carbocycles. The van der Waals surface area contributed by atoms with Crippen molar-refractivity contribution in [3.8, 4) is 0 Å². The molecule has 1 aromatic heterocycles. The monoisotopic (exact) mass is 286 g/mol. The highest BCUT2D eigenvalue weighted by molar-refractivity contribution is 7.89. The summed E-state index contributed by atoms with van der Waals surface area (Å²) >= 11 is 0. The van der Waals surface area contributed by atoms with Crippen LogP contribution in [0.5, 0.6) is 0 Å². The Bertz CT molecular complexity index is 558. The van der Waals surface area contributed by atoms with Gasteiger partial charge in [-0.15, -0.1) is 0 Å². The molecule has 0 saturated carbocycles. The Morgan fingerprint density at radius 3 is 2.68 bits per heavy atom. The second kappa shape index (κ2) is 5.32. The van der Waals surface area contributed by atoms with Crippen LogP contribution in [0.2, 0.25) is 0 Å². The van der Waals surface area contributed by atoms with Crippen LogP contribution in [0, 0.1) is 5.92 Å². The second-order valence-corrected chi connectivity index (χ2v) is 6.75. The molecule has 1 aliphatic rings. The van der Waals surface area contributed by atoms with Crippen molar-refractivity contribution in [3.63, 3.8) is 0 Å². The number of nitrogens with zero attached hydrogens (tertiary/aromatic N) is 1. The summed E-state index contributed by atoms with van der Waals surface area (Å²) < 4.78 is 26.2. The number of hydrogen-bond acceptors (Lipinski definition) is 4. The van der Waals surface area contributed by atoms with Gasteiger partial charge in [-0.05, 0) is 24.8 Å². The zero-order valence-corrected chi connectivity index (χ0v) is 11.5. The fraction of sp³-hybridized carbons (Fsp3) is 0.545. The van der Waals surface area contributed by atoms with Crippen molar-refractivity contribution < 1.29 is 13.2 Å². The van der Waals surface area contributed by atoms with Crippen LogP contribution < -0.4 is 11.3 Å². The summed E-state index contributed by atoms with van der Waals surface area (Å²) in [6.45, 7) is 3.16. The summed E-state index contributed by atoms with van der Waals surface area (Å²) in [5.41, 5.74) is 2.08. The van der Waals surface area contributed by atoms with Gasteiger partial charge < -0.3 is 4.98 Å². The van der Waals surface area contributed by atoms with Crippen molar-refractivity contribution in [2.24, 2.45) is 11.8 Å². The third kappa shape index (κ3) is 2.80. The Morgan fingerprint density at radius 1 is 1.47 bits per heavy atom. The third-order valence-corrected chi connectivity index (χ3v) is 5.29. The number of aromatic nitrogens is 1. The lowest BCUT2D eigenvalue weighted by Gasteiger charge is -2.28. The zero-order valence-electron chi connectivity index (χ0n) is 10.7. The molecule has 2 heterocycles. The first-order valence-electron chi connectivity index (χ1n) is 6.14. The number of nitrogens with one attached hydrogen (secondary N) is 2. The predicted octanol–water partition coefficient (Wildman–Crippen LogP) is 0.0388. The molecule has 19 heavy (non-hydrogen) atoms. The molecule has 0 aliphatic carbocycles. The molecule has 1 aliphatic heterocycles. The van der Waals surface area contributed by atoms with E-state index in [-0.39, 0.29) is 10.6 Å². The first-order chi connectivity index (χ1) is 8.95. The van der Waals surface area contributed by atoms with Crippen LogP contribution in [-0.4, -0.2) is 36.7 Å². The largest absolute Gasteiger partial charge is 0.356 e. The van der Waals surface area contributed by atoms with Crippen molar-refractivity contribution in [2.45, 2.75) is 24.7 Å². The number of hydrogen-bond donors (Lipinski definition) is 3. The summed E-state index contributed by atoms with van der Waals surface area (Å²) in [6, 6.07) is 1.30. The van der Waals surface area contributed by atoms with Gasteiger partial charge >= 0.3 is 0 Å². The van der Waals surface area contributed by atoms with E-state index in [2.05, 4.69) is 11.9 Å². The average Bonchev–Trinajstić information content (AvgIpc) is 2.88. The summed E-state index contributed by atoms with van der Waals surface area (Å²) in [4.78, 5) is 14.0. The highest BCUT2D eigenvalue weighted by Gasteiger charge is 2.29. The van der Waals surface area contributed by atoms with E-state index in [1.54, 1.807) is 0 Å². The number of piperidine rings is 1. The van der Waals surface area contributed by atoms with E-state index < -0.39 is 15.9 Å². The van der Waals surface area contributed by atoms with E-state index in [9.17, 15) is 13.2 Å². The first-order valence-corrected chi connectivity index (χ1v) is 7.58. The van der Waals surface area contributed by atoms with Crippen LogP contribution >= 0.6 is 0 Å². The molecule has 4 N–H and O–H groups in total. The number of aromatic amines is 1. The van der Waals surface area contributed by atoms with Crippen LogP contribution in [0.3, 0.4) is 0 Å². The zero-order chi connectivity index (χ0) is 14.0. The van der Waals surface area contributed by atoms with E-state index in [0.29, 0.717) is 19.0 Å². The summed E-state index contributed by atoms with van der Waals surface area (Å²) in [5, 5.41) is 0. The van der Waals surface area contributed by atoms with Gasteiger partial charge in [-0.2, -0.15) is 4.31 Å². The maximum atomic E-state index is 12.4. The molecule has 0 atom stereocenters. The summed E-state index contributed by atoms with van der Waals surface area (Å²) in [7, 11) is -3.53. The lowest BCUT2D eigenvalue weighted by atomic mass is 10.0. The summed E-state index contributed by atoms with van der Waals surface area (Å²) in [5.74, 6) is 5.01. The Labute approximate surface area is 112 Å². The lowest BCUT2D eigenvalue weighted by molar-refractivity contribution is 0.0949. The van der Waals surface area contributed by atoms with Gasteiger partial charge in [-0.1, -0.05) is 6.92 Å². The molecule has 0 spiro atoms. The minimum Gasteiger partial charge on any atom is -0.356 e. The van der Waals surface area contributed by atoms with E-state index >= 15 is 0 Å². The van der Waals surface area contributed by atoms with Crippen molar-refractivity contribution in [2.75, 3.05) is 13.1 Å². The predicted molar refractivity (Wildman–Crippen MR) is 69.6 cm³/mol. The minimum absolute atomic E-state index is 0.0978. The summed E-state index contributed by atoms with van der Waals surface area (Å²) in [6.07, 6.45) is 3.04. The van der Waals surface area contributed by atoms with Gasteiger partial charge in [0.2, 0.25) is 10.0 Å². The van der Waals surface area contributed by atoms with Gasteiger partial charge in [0.1, 0.15) is 10.6 Å². The molecule has 0 radical (unpaired) electrons. The van der Waals surface area contributed by atoms with Crippen molar-refractivity contribution in [3.05, 3.63) is 18.0 Å². The van der Waals surface area contributed by atoms with Gasteiger partial charge in [-0.3, -0.25) is 10.2 Å². The van der Waals surface area contributed by atoms with Gasteiger partial charge in [-0.25, -0.2) is 14.3 Å². The molecule has 2 rings (SSSR count). The number of sulfonamides is 1. The number of amides is 1. The SMILES string of the molecule is CC1CCN(S(=O)(=O)c2c[nH]c(C(=O)NN)c2)CC1. The molecule has 1 aromatic rings. The Kier molecular flexibility index (Phi) is 3.93. The molecule has 1 amide bonds. The van der Waals surface area contributed by atoms with Gasteiger partial charge in [0.05, 0.1) is 0 Å². The van der Waals surface area contributed by atoms with Crippen molar-refractivity contribution >= 4 is 15.9 Å². The highest BCUT2D eigenvalue weighted by Crippen LogP contribution is 2.23. The number of nitrogens with two attached hydrogens (primary N) is 1. The van der Waals surface area contributed by atoms with Crippen molar-refractivity contribution in [1.82, 2.24) is 14.7 Å². The van der Waals surface area contributed by atoms with Gasteiger partial charge in [0.15, 0.2) is 0 Å². The standard InChI is InChI=1S/C11H18N4O3S/c1-8-2-4-15(5-3-8)19(17,18)9-6-10(13-7-9)11(16)14-12/h6-8,13H,2-5,12H2,1H3,(H,14,16). The second-order valence-electron chi connectivity index (χ2n) is 4.81. The van der Waals surface area contributed by atoms with Crippen molar-refractivity contribution in [1.29, 1.82) is 0 Å². The maximum Gasteiger partial charge on any atom is 0.281 e. The Morgan fingerprint density at radius 2 is 2.11 bits per heavy atom. The van der Waals surface area contributed by atoms with Crippen LogP contribution in [0.4, 0.5) is 0 Å². The Hall–Kier alpha value is -1.38.